The van der Waals surface area contributed by atoms with Crippen LogP contribution in [0.15, 0.2) is 54.7 Å². The number of carbonyl (C=O) groups excluding carboxylic acids is 1. The summed E-state index contributed by atoms with van der Waals surface area (Å²) in [7, 11) is 0. The highest BCUT2D eigenvalue weighted by molar-refractivity contribution is 5.96. The molecule has 5 heteroatoms. The third kappa shape index (κ3) is 4.42. The minimum absolute atomic E-state index is 0.355. The van der Waals surface area contributed by atoms with Crippen LogP contribution in [-0.2, 0) is 11.3 Å². The molecule has 2 aromatic carbocycles. The van der Waals surface area contributed by atoms with Gasteiger partial charge in [0.05, 0.1) is 6.54 Å². The molecule has 0 radical (unpaired) electrons. The second-order valence-corrected chi connectivity index (χ2v) is 6.62. The summed E-state index contributed by atoms with van der Waals surface area (Å²) in [5.74, 6) is -0.546. The highest BCUT2D eigenvalue weighted by atomic mass is 16.5. The first-order chi connectivity index (χ1) is 13.0. The Hall–Kier alpha value is -3.39. The minimum atomic E-state index is -0.816. The van der Waals surface area contributed by atoms with Crippen LogP contribution in [0.4, 0.5) is 0 Å². The fourth-order valence-electron chi connectivity index (χ4n) is 2.71. The molecule has 27 heavy (non-hydrogen) atoms. The van der Waals surface area contributed by atoms with Crippen LogP contribution < -0.4 is 0 Å². The number of hydrogen-bond acceptors (Lipinski definition) is 4. The van der Waals surface area contributed by atoms with Crippen LogP contribution in [0.1, 0.15) is 34.0 Å². The van der Waals surface area contributed by atoms with Gasteiger partial charge < -0.3 is 4.74 Å². The number of nitriles is 1. The van der Waals surface area contributed by atoms with Crippen molar-refractivity contribution in [1.29, 1.82) is 5.26 Å². The number of benzene rings is 2. The van der Waals surface area contributed by atoms with Crippen LogP contribution in [0.3, 0.4) is 0 Å². The van der Waals surface area contributed by atoms with E-state index in [4.69, 9.17) is 10.00 Å². The van der Waals surface area contributed by atoms with E-state index >= 15 is 0 Å². The zero-order valence-corrected chi connectivity index (χ0v) is 15.6. The Morgan fingerprint density at radius 2 is 1.70 bits per heavy atom. The van der Waals surface area contributed by atoms with Crippen molar-refractivity contribution in [2.75, 3.05) is 0 Å². The molecule has 0 amide bonds. The van der Waals surface area contributed by atoms with Gasteiger partial charge in [-0.15, -0.1) is 0 Å². The topological polar surface area (TPSA) is 67.9 Å². The molecule has 1 aromatic heterocycles. The largest absolute Gasteiger partial charge is 0.444 e. The first-order valence-electron chi connectivity index (χ1n) is 8.77. The number of rotatable bonds is 5. The van der Waals surface area contributed by atoms with Gasteiger partial charge in [0.1, 0.15) is 17.3 Å². The highest BCUT2D eigenvalue weighted by Crippen LogP contribution is 2.24. The highest BCUT2D eigenvalue weighted by Gasteiger charge is 2.21. The Labute approximate surface area is 158 Å². The van der Waals surface area contributed by atoms with Gasteiger partial charge >= 0.3 is 5.97 Å². The molecule has 0 aliphatic rings. The molecule has 5 nitrogen and oxygen atoms in total. The molecule has 0 unspecified atom stereocenters. The van der Waals surface area contributed by atoms with Crippen molar-refractivity contribution in [3.05, 3.63) is 77.0 Å². The van der Waals surface area contributed by atoms with Gasteiger partial charge in [-0.05, 0) is 26.3 Å². The van der Waals surface area contributed by atoms with Gasteiger partial charge in [0.15, 0.2) is 6.10 Å². The Balaban J connectivity index is 1.97. The lowest BCUT2D eigenvalue weighted by Gasteiger charge is -2.06. The monoisotopic (exact) mass is 359 g/mol. The van der Waals surface area contributed by atoms with E-state index in [2.05, 4.69) is 5.10 Å². The van der Waals surface area contributed by atoms with Crippen molar-refractivity contribution in [3.8, 4) is 17.3 Å². The minimum Gasteiger partial charge on any atom is -0.444 e. The summed E-state index contributed by atoms with van der Waals surface area (Å²) in [6.45, 7) is 6.13. The number of aromatic nitrogens is 2. The van der Waals surface area contributed by atoms with E-state index in [9.17, 15) is 4.79 Å². The van der Waals surface area contributed by atoms with Crippen molar-refractivity contribution >= 4 is 5.97 Å². The Morgan fingerprint density at radius 3 is 2.30 bits per heavy atom. The summed E-state index contributed by atoms with van der Waals surface area (Å²) in [6, 6.07) is 17.9. The van der Waals surface area contributed by atoms with Crippen LogP contribution in [0.25, 0.3) is 11.3 Å². The van der Waals surface area contributed by atoms with Crippen LogP contribution in [0, 0.1) is 25.2 Å². The lowest BCUT2D eigenvalue weighted by atomic mass is 10.1. The average molecular weight is 359 g/mol. The standard InChI is InChI=1S/C22H21N3O2/c1-15-4-8-18(9-5-15)13-25-14-20(22(26)27-17(3)12-23)21(24-25)19-10-6-16(2)7-11-19/h4-11,14,17H,13H2,1-3H3/t17-/m0/s1. The van der Waals surface area contributed by atoms with Gasteiger partial charge in [0, 0.05) is 11.8 Å². The van der Waals surface area contributed by atoms with Crippen molar-refractivity contribution in [2.45, 2.75) is 33.4 Å². The van der Waals surface area contributed by atoms with Crippen molar-refractivity contribution in [2.24, 2.45) is 0 Å². The third-order valence-electron chi connectivity index (χ3n) is 4.24. The molecule has 3 aromatic rings. The summed E-state index contributed by atoms with van der Waals surface area (Å²) in [5.41, 5.74) is 5.14. The summed E-state index contributed by atoms with van der Waals surface area (Å²) >= 11 is 0. The molecule has 1 heterocycles. The van der Waals surface area contributed by atoms with Gasteiger partial charge in [-0.2, -0.15) is 10.4 Å². The Kier molecular flexibility index (Phi) is 5.37. The number of nitrogens with zero attached hydrogens (tertiary/aromatic N) is 3. The number of esters is 1. The third-order valence-corrected chi connectivity index (χ3v) is 4.24. The molecule has 3 rings (SSSR count). The fraction of sp³-hybridized carbons (Fsp3) is 0.227. The molecule has 0 saturated carbocycles. The lowest BCUT2D eigenvalue weighted by Crippen LogP contribution is -2.13. The predicted octanol–water partition coefficient (Wildman–Crippen LogP) is 4.28. The zero-order valence-electron chi connectivity index (χ0n) is 15.6. The van der Waals surface area contributed by atoms with E-state index in [1.807, 2.05) is 68.4 Å². The van der Waals surface area contributed by atoms with Crippen molar-refractivity contribution in [3.63, 3.8) is 0 Å². The summed E-state index contributed by atoms with van der Waals surface area (Å²) in [6.07, 6.45) is 0.866. The quantitative estimate of drug-likeness (QED) is 0.638. The van der Waals surface area contributed by atoms with Crippen LogP contribution in [-0.4, -0.2) is 21.9 Å². The van der Waals surface area contributed by atoms with Crippen LogP contribution in [0.2, 0.25) is 0 Å². The summed E-state index contributed by atoms with van der Waals surface area (Å²) in [5, 5.41) is 13.5. The molecule has 0 aliphatic heterocycles. The molecule has 0 aliphatic carbocycles. The lowest BCUT2D eigenvalue weighted by molar-refractivity contribution is 0.0436. The predicted molar refractivity (Wildman–Crippen MR) is 103 cm³/mol. The molecule has 136 valence electrons. The SMILES string of the molecule is Cc1ccc(Cn2cc(C(=O)O[C@@H](C)C#N)c(-c3ccc(C)cc3)n2)cc1. The maximum Gasteiger partial charge on any atom is 0.343 e. The number of ether oxygens (including phenoxy) is 1. The van der Waals surface area contributed by atoms with Gasteiger partial charge in [-0.3, -0.25) is 4.68 Å². The maximum atomic E-state index is 12.6. The van der Waals surface area contributed by atoms with Gasteiger partial charge in [-0.1, -0.05) is 59.7 Å². The van der Waals surface area contributed by atoms with E-state index in [0.717, 1.165) is 16.7 Å². The molecule has 0 bridgehead atoms. The molecular formula is C22H21N3O2. The first-order valence-corrected chi connectivity index (χ1v) is 8.77. The van der Waals surface area contributed by atoms with Crippen LogP contribution >= 0.6 is 0 Å². The average Bonchev–Trinajstić information content (AvgIpc) is 3.08. The van der Waals surface area contributed by atoms with E-state index in [0.29, 0.717) is 17.8 Å². The number of hydrogen-bond donors (Lipinski definition) is 0. The second-order valence-electron chi connectivity index (χ2n) is 6.62. The molecule has 0 spiro atoms. The number of aryl methyl sites for hydroxylation is 2. The van der Waals surface area contributed by atoms with Gasteiger partial charge in [0.25, 0.3) is 0 Å². The van der Waals surface area contributed by atoms with Crippen molar-refractivity contribution < 1.29 is 9.53 Å². The van der Waals surface area contributed by atoms with E-state index in [1.54, 1.807) is 17.8 Å². The summed E-state index contributed by atoms with van der Waals surface area (Å²) in [4.78, 5) is 12.6. The van der Waals surface area contributed by atoms with E-state index in [1.165, 1.54) is 5.56 Å². The van der Waals surface area contributed by atoms with Crippen LogP contribution in [0.5, 0.6) is 0 Å². The molecule has 1 atom stereocenters. The Morgan fingerprint density at radius 1 is 1.11 bits per heavy atom. The van der Waals surface area contributed by atoms with E-state index in [-0.39, 0.29) is 0 Å². The van der Waals surface area contributed by atoms with Crippen molar-refractivity contribution in [1.82, 2.24) is 9.78 Å². The Bertz CT molecular complexity index is 980. The second kappa shape index (κ2) is 7.88. The molecule has 0 N–H and O–H groups in total. The number of carbonyl (C=O) groups is 1. The smallest absolute Gasteiger partial charge is 0.343 e. The van der Waals surface area contributed by atoms with Gasteiger partial charge in [-0.25, -0.2) is 4.79 Å². The molecule has 0 fully saturated rings. The fourth-order valence-corrected chi connectivity index (χ4v) is 2.71. The maximum absolute atomic E-state index is 12.6. The van der Waals surface area contributed by atoms with Gasteiger partial charge in [0.2, 0.25) is 0 Å². The van der Waals surface area contributed by atoms with E-state index < -0.39 is 12.1 Å². The summed E-state index contributed by atoms with van der Waals surface area (Å²) < 4.78 is 6.93. The normalized spacial score (nSPS) is 11.6. The zero-order chi connectivity index (χ0) is 19.4. The first kappa shape index (κ1) is 18.4. The molecular weight excluding hydrogens is 338 g/mol. The molecule has 0 saturated heterocycles.